The molecule has 0 radical (unpaired) electrons. The normalized spacial score (nSPS) is 25.0. The molecule has 0 bridgehead atoms. The number of benzene rings is 1. The topological polar surface area (TPSA) is 49.4 Å². The summed E-state index contributed by atoms with van der Waals surface area (Å²) in [5.41, 5.74) is 0.719. The molecule has 2 atom stereocenters. The van der Waals surface area contributed by atoms with E-state index in [1.165, 1.54) is 30.8 Å². The summed E-state index contributed by atoms with van der Waals surface area (Å²) in [6, 6.07) is 6.01. The maximum Gasteiger partial charge on any atom is 0.243 e. The molecule has 1 saturated heterocycles. The Morgan fingerprint density at radius 1 is 1.38 bits per heavy atom. The van der Waals surface area contributed by atoms with Crippen LogP contribution in [0.5, 0.6) is 0 Å². The highest BCUT2D eigenvalue weighted by molar-refractivity contribution is 7.99. The number of nitrogens with zero attached hydrogens (tertiary/aromatic N) is 1. The van der Waals surface area contributed by atoms with Gasteiger partial charge in [-0.1, -0.05) is 12.1 Å². The number of hydrogen-bond acceptors (Lipinski definition) is 3. The van der Waals surface area contributed by atoms with Crippen LogP contribution >= 0.6 is 11.8 Å². The van der Waals surface area contributed by atoms with Crippen molar-refractivity contribution in [1.82, 2.24) is 10.2 Å². The average Bonchev–Trinajstić information content (AvgIpc) is 3.13. The first-order valence-corrected chi connectivity index (χ1v) is 8.07. The number of halogens is 1. The maximum atomic E-state index is 13.4. The SMILES string of the molecule is CC(=O)N1C(C(=O)NC2CC2)CSC1c1cccc(F)c1. The van der Waals surface area contributed by atoms with E-state index in [0.29, 0.717) is 5.75 Å². The molecule has 21 heavy (non-hydrogen) atoms. The van der Waals surface area contributed by atoms with Crippen molar-refractivity contribution in [1.29, 1.82) is 0 Å². The molecule has 0 aromatic heterocycles. The van der Waals surface area contributed by atoms with Crippen molar-refractivity contribution in [2.75, 3.05) is 5.75 Å². The van der Waals surface area contributed by atoms with E-state index >= 15 is 0 Å². The van der Waals surface area contributed by atoms with Crippen molar-refractivity contribution in [3.8, 4) is 0 Å². The van der Waals surface area contributed by atoms with Gasteiger partial charge in [-0.3, -0.25) is 9.59 Å². The third-order valence-electron chi connectivity index (χ3n) is 3.72. The molecule has 1 heterocycles. The highest BCUT2D eigenvalue weighted by Gasteiger charge is 2.42. The maximum absolute atomic E-state index is 13.4. The number of rotatable bonds is 3. The van der Waals surface area contributed by atoms with Gasteiger partial charge in [0.15, 0.2) is 0 Å². The van der Waals surface area contributed by atoms with Gasteiger partial charge in [0, 0.05) is 18.7 Å². The quantitative estimate of drug-likeness (QED) is 0.930. The third kappa shape index (κ3) is 3.05. The Kier molecular flexibility index (Phi) is 3.89. The fourth-order valence-corrected chi connectivity index (χ4v) is 4.01. The van der Waals surface area contributed by atoms with Crippen LogP contribution in [-0.4, -0.2) is 34.6 Å². The van der Waals surface area contributed by atoms with Gasteiger partial charge in [-0.15, -0.1) is 11.8 Å². The molecular weight excluding hydrogens is 291 g/mol. The smallest absolute Gasteiger partial charge is 0.243 e. The van der Waals surface area contributed by atoms with E-state index in [1.807, 2.05) is 0 Å². The van der Waals surface area contributed by atoms with E-state index < -0.39 is 6.04 Å². The van der Waals surface area contributed by atoms with Crippen LogP contribution in [0.25, 0.3) is 0 Å². The molecular formula is C15H17FN2O2S. The second kappa shape index (κ2) is 5.67. The third-order valence-corrected chi connectivity index (χ3v) is 5.05. The van der Waals surface area contributed by atoms with E-state index in [9.17, 15) is 14.0 Å². The largest absolute Gasteiger partial charge is 0.352 e. The van der Waals surface area contributed by atoms with Gasteiger partial charge < -0.3 is 10.2 Å². The second-order valence-electron chi connectivity index (χ2n) is 5.47. The van der Waals surface area contributed by atoms with Crippen molar-refractivity contribution < 1.29 is 14.0 Å². The molecule has 3 rings (SSSR count). The lowest BCUT2D eigenvalue weighted by molar-refractivity contribution is -0.138. The van der Waals surface area contributed by atoms with Crippen LogP contribution in [0, 0.1) is 5.82 Å². The van der Waals surface area contributed by atoms with Gasteiger partial charge in [0.2, 0.25) is 11.8 Å². The predicted molar refractivity (Wildman–Crippen MR) is 79.1 cm³/mol. The Hall–Kier alpha value is -1.56. The van der Waals surface area contributed by atoms with Crippen LogP contribution in [0.3, 0.4) is 0 Å². The van der Waals surface area contributed by atoms with Crippen molar-refractivity contribution in [3.05, 3.63) is 35.6 Å². The minimum atomic E-state index is -0.471. The highest BCUT2D eigenvalue weighted by Crippen LogP contribution is 2.41. The highest BCUT2D eigenvalue weighted by atomic mass is 32.2. The molecule has 112 valence electrons. The monoisotopic (exact) mass is 308 g/mol. The summed E-state index contributed by atoms with van der Waals surface area (Å²) in [5.74, 6) is -0.0499. The molecule has 2 unspecified atom stereocenters. The summed E-state index contributed by atoms with van der Waals surface area (Å²) >= 11 is 1.50. The lowest BCUT2D eigenvalue weighted by Gasteiger charge is -2.27. The molecule has 6 heteroatoms. The number of hydrogen-bond donors (Lipinski definition) is 1. The van der Waals surface area contributed by atoms with Crippen LogP contribution in [0.15, 0.2) is 24.3 Å². The molecule has 1 aromatic carbocycles. The molecule has 1 aromatic rings. The Morgan fingerprint density at radius 2 is 2.14 bits per heavy atom. The minimum absolute atomic E-state index is 0.0981. The van der Waals surface area contributed by atoms with Gasteiger partial charge in [0.05, 0.1) is 0 Å². The zero-order chi connectivity index (χ0) is 15.0. The number of thioether (sulfide) groups is 1. The number of carbonyl (C=O) groups excluding carboxylic acids is 2. The fraction of sp³-hybridized carbons (Fsp3) is 0.467. The first-order valence-electron chi connectivity index (χ1n) is 7.02. The molecule has 4 nitrogen and oxygen atoms in total. The number of nitrogens with one attached hydrogen (secondary N) is 1. The van der Waals surface area contributed by atoms with E-state index in [-0.39, 0.29) is 29.0 Å². The molecule has 2 fully saturated rings. The molecule has 1 aliphatic heterocycles. The van der Waals surface area contributed by atoms with E-state index in [1.54, 1.807) is 17.0 Å². The van der Waals surface area contributed by atoms with Crippen LogP contribution in [0.4, 0.5) is 4.39 Å². The Balaban J connectivity index is 1.81. The summed E-state index contributed by atoms with van der Waals surface area (Å²) in [4.78, 5) is 25.8. The Morgan fingerprint density at radius 3 is 2.76 bits per heavy atom. The van der Waals surface area contributed by atoms with Crippen LogP contribution in [0.1, 0.15) is 30.7 Å². The Labute approximate surface area is 127 Å². The summed E-state index contributed by atoms with van der Waals surface area (Å²) in [6.07, 6.45) is 2.03. The predicted octanol–water partition coefficient (Wildman–Crippen LogP) is 2.07. The van der Waals surface area contributed by atoms with Gasteiger partial charge in [-0.25, -0.2) is 4.39 Å². The molecule has 1 N–H and O–H groups in total. The van der Waals surface area contributed by atoms with E-state index in [2.05, 4.69) is 5.32 Å². The van der Waals surface area contributed by atoms with Crippen molar-refractivity contribution in [2.24, 2.45) is 0 Å². The van der Waals surface area contributed by atoms with E-state index in [4.69, 9.17) is 0 Å². The first kappa shape index (κ1) is 14.4. The van der Waals surface area contributed by atoms with Gasteiger partial charge in [0.1, 0.15) is 17.2 Å². The summed E-state index contributed by atoms with van der Waals surface area (Å²) in [6.45, 7) is 1.45. The van der Waals surface area contributed by atoms with Gasteiger partial charge in [0.25, 0.3) is 0 Å². The van der Waals surface area contributed by atoms with Gasteiger partial charge in [-0.05, 0) is 30.5 Å². The zero-order valence-corrected chi connectivity index (χ0v) is 12.5. The molecule has 2 aliphatic rings. The summed E-state index contributed by atoms with van der Waals surface area (Å²) < 4.78 is 13.4. The standard InChI is InChI=1S/C15H17FN2O2S/c1-9(19)18-13(14(20)17-12-5-6-12)8-21-15(18)10-3-2-4-11(16)7-10/h2-4,7,12-13,15H,5-6,8H2,1H3,(H,17,20). The minimum Gasteiger partial charge on any atom is -0.352 e. The summed E-state index contributed by atoms with van der Waals surface area (Å²) in [7, 11) is 0. The molecule has 1 saturated carbocycles. The molecule has 1 aliphatic carbocycles. The van der Waals surface area contributed by atoms with Crippen LogP contribution < -0.4 is 5.32 Å². The van der Waals surface area contributed by atoms with Crippen LogP contribution in [0.2, 0.25) is 0 Å². The van der Waals surface area contributed by atoms with Crippen molar-refractivity contribution in [3.63, 3.8) is 0 Å². The number of amides is 2. The number of carbonyl (C=O) groups is 2. The molecule has 0 spiro atoms. The lowest BCUT2D eigenvalue weighted by Crippen LogP contribution is -2.47. The zero-order valence-electron chi connectivity index (χ0n) is 11.7. The fourth-order valence-electron chi connectivity index (χ4n) is 2.53. The van der Waals surface area contributed by atoms with Gasteiger partial charge >= 0.3 is 0 Å². The lowest BCUT2D eigenvalue weighted by atomic mass is 10.1. The van der Waals surface area contributed by atoms with Crippen molar-refractivity contribution in [2.45, 2.75) is 37.2 Å². The Bertz CT molecular complexity index is 577. The van der Waals surface area contributed by atoms with Crippen molar-refractivity contribution >= 4 is 23.6 Å². The van der Waals surface area contributed by atoms with E-state index in [0.717, 1.165) is 18.4 Å². The average molecular weight is 308 g/mol. The van der Waals surface area contributed by atoms with Crippen LogP contribution in [-0.2, 0) is 9.59 Å². The second-order valence-corrected chi connectivity index (χ2v) is 6.58. The molecule has 2 amide bonds. The summed E-state index contributed by atoms with van der Waals surface area (Å²) in [5, 5.41) is 2.65. The first-order chi connectivity index (χ1) is 10.1. The van der Waals surface area contributed by atoms with Gasteiger partial charge in [-0.2, -0.15) is 0 Å².